The molecule has 5 heteroatoms. The summed E-state index contributed by atoms with van der Waals surface area (Å²) in [5.41, 5.74) is 3.33. The van der Waals surface area contributed by atoms with Gasteiger partial charge in [0.1, 0.15) is 0 Å². The average molecular weight is 274 g/mol. The highest BCUT2D eigenvalue weighted by atomic mass is 16.2. The first kappa shape index (κ1) is 14.5. The van der Waals surface area contributed by atoms with Crippen molar-refractivity contribution in [2.75, 3.05) is 0 Å². The molecule has 0 aliphatic heterocycles. The first-order valence-electron chi connectivity index (χ1n) is 7.36. The fourth-order valence-electron chi connectivity index (χ4n) is 2.51. The summed E-state index contributed by atoms with van der Waals surface area (Å²) in [6.07, 6.45) is 8.05. The third-order valence-electron chi connectivity index (χ3n) is 3.38. The van der Waals surface area contributed by atoms with E-state index in [1.165, 1.54) is 14.9 Å². The van der Waals surface area contributed by atoms with Crippen molar-refractivity contribution in [2.45, 2.75) is 52.9 Å². The second-order valence-corrected chi connectivity index (χ2v) is 4.87. The predicted octanol–water partition coefficient (Wildman–Crippen LogP) is 3.06. The van der Waals surface area contributed by atoms with Crippen LogP contribution in [-0.2, 0) is 19.3 Å². The van der Waals surface area contributed by atoms with Gasteiger partial charge in [0.15, 0.2) is 0 Å². The molecule has 0 saturated heterocycles. The van der Waals surface area contributed by atoms with Gasteiger partial charge in [-0.15, -0.1) is 0 Å². The Morgan fingerprint density at radius 2 is 1.95 bits per heavy atom. The van der Waals surface area contributed by atoms with Crippen LogP contribution in [0.15, 0.2) is 18.5 Å². The number of nitrogens with zero attached hydrogens (tertiary/aromatic N) is 4. The summed E-state index contributed by atoms with van der Waals surface area (Å²) in [6, 6.07) is 1.54. The summed E-state index contributed by atoms with van der Waals surface area (Å²) in [5, 5.41) is 8.56. The SMILES string of the molecule is CCCc1nn(C(=O)n2cccn2)c(CC)c1CCC. The minimum Gasteiger partial charge on any atom is -0.244 e. The lowest BCUT2D eigenvalue weighted by atomic mass is 10.0. The quantitative estimate of drug-likeness (QED) is 0.842. The maximum absolute atomic E-state index is 12.5. The van der Waals surface area contributed by atoms with Crippen LogP contribution in [0.4, 0.5) is 4.79 Å². The third-order valence-corrected chi connectivity index (χ3v) is 3.38. The zero-order valence-corrected chi connectivity index (χ0v) is 12.5. The molecular weight excluding hydrogens is 252 g/mol. The second kappa shape index (κ2) is 6.50. The molecule has 20 heavy (non-hydrogen) atoms. The molecule has 0 aliphatic carbocycles. The number of aromatic nitrogens is 4. The van der Waals surface area contributed by atoms with Crippen LogP contribution in [-0.4, -0.2) is 25.6 Å². The fraction of sp³-hybridized carbons (Fsp3) is 0.533. The van der Waals surface area contributed by atoms with E-state index in [1.807, 2.05) is 0 Å². The van der Waals surface area contributed by atoms with Crippen LogP contribution < -0.4 is 0 Å². The monoisotopic (exact) mass is 274 g/mol. The highest BCUT2D eigenvalue weighted by molar-refractivity contribution is 5.78. The number of carbonyl (C=O) groups is 1. The molecule has 2 aromatic heterocycles. The van der Waals surface area contributed by atoms with Gasteiger partial charge in [-0.25, -0.2) is 4.79 Å². The minimum atomic E-state index is -0.202. The van der Waals surface area contributed by atoms with Gasteiger partial charge in [0.25, 0.3) is 0 Å². The molecule has 0 amide bonds. The van der Waals surface area contributed by atoms with Crippen LogP contribution in [0, 0.1) is 0 Å². The Bertz CT molecular complexity index is 569. The van der Waals surface area contributed by atoms with Crippen molar-refractivity contribution < 1.29 is 4.79 Å². The van der Waals surface area contributed by atoms with E-state index in [9.17, 15) is 4.79 Å². The van der Waals surface area contributed by atoms with Gasteiger partial charge in [0, 0.05) is 12.4 Å². The Morgan fingerprint density at radius 3 is 2.50 bits per heavy atom. The molecule has 2 aromatic rings. The van der Waals surface area contributed by atoms with Crippen molar-refractivity contribution in [1.82, 2.24) is 19.6 Å². The van der Waals surface area contributed by atoms with Crippen LogP contribution in [0.25, 0.3) is 0 Å². The molecular formula is C15H22N4O. The second-order valence-electron chi connectivity index (χ2n) is 4.87. The zero-order valence-electron chi connectivity index (χ0n) is 12.5. The predicted molar refractivity (Wildman–Crippen MR) is 78.0 cm³/mol. The molecule has 0 spiro atoms. The molecule has 0 bridgehead atoms. The van der Waals surface area contributed by atoms with Gasteiger partial charge < -0.3 is 0 Å². The molecule has 0 radical (unpaired) electrons. The van der Waals surface area contributed by atoms with E-state index in [4.69, 9.17) is 0 Å². The van der Waals surface area contributed by atoms with Crippen molar-refractivity contribution in [3.05, 3.63) is 35.4 Å². The molecule has 0 N–H and O–H groups in total. The van der Waals surface area contributed by atoms with E-state index in [2.05, 4.69) is 31.0 Å². The lowest BCUT2D eigenvalue weighted by Crippen LogP contribution is -2.23. The van der Waals surface area contributed by atoms with Gasteiger partial charge in [-0.1, -0.05) is 33.6 Å². The summed E-state index contributed by atoms with van der Waals surface area (Å²) in [5.74, 6) is 0. The number of hydrogen-bond acceptors (Lipinski definition) is 3. The molecule has 0 unspecified atom stereocenters. The standard InChI is InChI=1S/C15H22N4O/c1-4-8-12-13(9-5-2)17-19(14(12)6-3)15(20)18-11-7-10-16-18/h7,10-11H,4-6,8-9H2,1-3H3. The largest absolute Gasteiger partial charge is 0.369 e. The van der Waals surface area contributed by atoms with E-state index in [-0.39, 0.29) is 6.03 Å². The molecule has 108 valence electrons. The Morgan fingerprint density at radius 1 is 1.20 bits per heavy atom. The van der Waals surface area contributed by atoms with Crippen molar-refractivity contribution >= 4 is 6.03 Å². The topological polar surface area (TPSA) is 52.7 Å². The third kappa shape index (κ3) is 2.66. The Kier molecular flexibility index (Phi) is 4.71. The zero-order chi connectivity index (χ0) is 14.5. The van der Waals surface area contributed by atoms with Crippen molar-refractivity contribution in [3.63, 3.8) is 0 Å². The summed E-state index contributed by atoms with van der Waals surface area (Å²) in [4.78, 5) is 12.5. The Balaban J connectivity index is 2.46. The smallest absolute Gasteiger partial charge is 0.244 e. The van der Waals surface area contributed by atoms with Crippen molar-refractivity contribution in [1.29, 1.82) is 0 Å². The van der Waals surface area contributed by atoms with E-state index in [0.717, 1.165) is 43.5 Å². The number of aryl methyl sites for hydroxylation is 1. The lowest BCUT2D eigenvalue weighted by molar-refractivity contribution is 0.237. The van der Waals surface area contributed by atoms with E-state index in [0.29, 0.717) is 0 Å². The molecule has 5 nitrogen and oxygen atoms in total. The van der Waals surface area contributed by atoms with Crippen LogP contribution in [0.3, 0.4) is 0 Å². The van der Waals surface area contributed by atoms with Crippen molar-refractivity contribution in [3.8, 4) is 0 Å². The molecule has 2 rings (SSSR count). The molecule has 0 fully saturated rings. The first-order chi connectivity index (χ1) is 9.72. The highest BCUT2D eigenvalue weighted by Gasteiger charge is 2.20. The van der Waals surface area contributed by atoms with Gasteiger partial charge >= 0.3 is 6.03 Å². The number of rotatable bonds is 5. The highest BCUT2D eigenvalue weighted by Crippen LogP contribution is 2.19. The summed E-state index contributed by atoms with van der Waals surface area (Å²) in [7, 11) is 0. The van der Waals surface area contributed by atoms with Gasteiger partial charge in [-0.2, -0.15) is 19.6 Å². The normalized spacial score (nSPS) is 10.9. The molecule has 0 aromatic carbocycles. The van der Waals surface area contributed by atoms with Crippen LogP contribution in [0.1, 0.15) is 50.6 Å². The average Bonchev–Trinajstić information content (AvgIpc) is 3.07. The molecule has 0 atom stereocenters. The first-order valence-corrected chi connectivity index (χ1v) is 7.36. The van der Waals surface area contributed by atoms with Gasteiger partial charge in [-0.05, 0) is 30.9 Å². The van der Waals surface area contributed by atoms with Gasteiger partial charge in [-0.3, -0.25) is 0 Å². The summed E-state index contributed by atoms with van der Waals surface area (Å²) in [6.45, 7) is 6.36. The van der Waals surface area contributed by atoms with E-state index < -0.39 is 0 Å². The number of carbonyl (C=O) groups excluding carboxylic acids is 1. The molecule has 2 heterocycles. The van der Waals surface area contributed by atoms with Crippen molar-refractivity contribution in [2.24, 2.45) is 0 Å². The van der Waals surface area contributed by atoms with E-state index >= 15 is 0 Å². The van der Waals surface area contributed by atoms with Crippen LogP contribution in [0.5, 0.6) is 0 Å². The Labute approximate surface area is 119 Å². The van der Waals surface area contributed by atoms with Gasteiger partial charge in [0.2, 0.25) is 0 Å². The Hall–Kier alpha value is -1.91. The van der Waals surface area contributed by atoms with Crippen LogP contribution >= 0.6 is 0 Å². The summed E-state index contributed by atoms with van der Waals surface area (Å²) < 4.78 is 2.86. The number of hydrogen-bond donors (Lipinski definition) is 0. The molecule has 0 saturated carbocycles. The minimum absolute atomic E-state index is 0.202. The van der Waals surface area contributed by atoms with E-state index in [1.54, 1.807) is 18.5 Å². The summed E-state index contributed by atoms with van der Waals surface area (Å²) >= 11 is 0. The fourth-order valence-corrected chi connectivity index (χ4v) is 2.51. The maximum atomic E-state index is 12.5. The lowest BCUT2D eigenvalue weighted by Gasteiger charge is -2.06. The van der Waals surface area contributed by atoms with Crippen LogP contribution in [0.2, 0.25) is 0 Å². The molecule has 0 aliphatic rings. The van der Waals surface area contributed by atoms with Gasteiger partial charge in [0.05, 0.1) is 11.4 Å². The maximum Gasteiger partial charge on any atom is 0.369 e.